The molecule has 2 rings (SSSR count). The molecule has 1 unspecified atom stereocenters. The summed E-state index contributed by atoms with van der Waals surface area (Å²) in [6, 6.07) is -0.441. The molecule has 1 aromatic heterocycles. The van der Waals surface area contributed by atoms with Crippen LogP contribution in [-0.2, 0) is 20.9 Å². The SMILES string of the molecule is CCC1NC(=O)CN(c2cnn(CCOC)c2)C1=O. The van der Waals surface area contributed by atoms with Gasteiger partial charge in [0.2, 0.25) is 11.8 Å². The molecule has 1 N–H and O–H groups in total. The average Bonchev–Trinajstić information content (AvgIpc) is 2.87. The summed E-state index contributed by atoms with van der Waals surface area (Å²) in [6.07, 6.45) is 3.93. The zero-order valence-electron chi connectivity index (χ0n) is 11.1. The highest BCUT2D eigenvalue weighted by Gasteiger charge is 2.32. The van der Waals surface area contributed by atoms with E-state index in [1.54, 1.807) is 24.2 Å². The fourth-order valence-electron chi connectivity index (χ4n) is 2.01. The second kappa shape index (κ2) is 5.83. The number of nitrogens with zero attached hydrogens (tertiary/aromatic N) is 3. The van der Waals surface area contributed by atoms with E-state index >= 15 is 0 Å². The molecule has 0 radical (unpaired) electrons. The van der Waals surface area contributed by atoms with Crippen LogP contribution in [0, 0.1) is 0 Å². The number of anilines is 1. The maximum absolute atomic E-state index is 12.2. The minimum Gasteiger partial charge on any atom is -0.383 e. The minimum atomic E-state index is -0.441. The molecule has 0 saturated carbocycles. The van der Waals surface area contributed by atoms with Crippen molar-refractivity contribution in [1.82, 2.24) is 15.1 Å². The summed E-state index contributed by atoms with van der Waals surface area (Å²) < 4.78 is 6.66. The van der Waals surface area contributed by atoms with Gasteiger partial charge < -0.3 is 10.1 Å². The zero-order valence-corrected chi connectivity index (χ0v) is 11.1. The van der Waals surface area contributed by atoms with Gasteiger partial charge in [-0.2, -0.15) is 5.10 Å². The van der Waals surface area contributed by atoms with E-state index in [1.165, 1.54) is 4.90 Å². The molecular formula is C12H18N4O3. The molecule has 0 aromatic carbocycles. The first kappa shape index (κ1) is 13.5. The van der Waals surface area contributed by atoms with Crippen LogP contribution in [0.25, 0.3) is 0 Å². The minimum absolute atomic E-state index is 0.0469. The molecule has 7 heteroatoms. The van der Waals surface area contributed by atoms with Crippen LogP contribution in [0.3, 0.4) is 0 Å². The molecule has 2 heterocycles. The summed E-state index contributed by atoms with van der Waals surface area (Å²) in [7, 11) is 1.62. The Hall–Kier alpha value is -1.89. The number of rotatable bonds is 5. The van der Waals surface area contributed by atoms with E-state index in [4.69, 9.17) is 4.74 Å². The molecule has 1 saturated heterocycles. The van der Waals surface area contributed by atoms with Crippen molar-refractivity contribution in [2.45, 2.75) is 25.9 Å². The predicted octanol–water partition coefficient (Wildman–Crippen LogP) is -0.229. The molecule has 0 bridgehead atoms. The molecule has 2 amide bonds. The molecule has 0 aliphatic carbocycles. The van der Waals surface area contributed by atoms with Gasteiger partial charge in [0.1, 0.15) is 12.6 Å². The first-order valence-electron chi connectivity index (χ1n) is 6.27. The number of ether oxygens (including phenoxy) is 1. The van der Waals surface area contributed by atoms with E-state index in [2.05, 4.69) is 10.4 Å². The van der Waals surface area contributed by atoms with Crippen molar-refractivity contribution in [3.8, 4) is 0 Å². The summed E-state index contributed by atoms with van der Waals surface area (Å²) in [5.74, 6) is -0.232. The molecule has 1 atom stereocenters. The smallest absolute Gasteiger partial charge is 0.250 e. The average molecular weight is 266 g/mol. The summed E-state index contributed by atoms with van der Waals surface area (Å²) in [4.78, 5) is 25.2. The quantitative estimate of drug-likeness (QED) is 0.798. The standard InChI is InChI=1S/C12H18N4O3/c1-3-10-12(18)16(8-11(17)14-10)9-6-13-15(7-9)4-5-19-2/h6-7,10H,3-5,8H2,1-2H3,(H,14,17). The number of amides is 2. The predicted molar refractivity (Wildman–Crippen MR) is 68.7 cm³/mol. The normalized spacial score (nSPS) is 19.7. The van der Waals surface area contributed by atoms with Crippen LogP contribution in [-0.4, -0.2) is 47.9 Å². The van der Waals surface area contributed by atoms with Gasteiger partial charge in [0.25, 0.3) is 0 Å². The molecule has 1 aliphatic rings. The first-order valence-corrected chi connectivity index (χ1v) is 6.27. The largest absolute Gasteiger partial charge is 0.383 e. The second-order valence-electron chi connectivity index (χ2n) is 4.41. The Balaban J connectivity index is 2.13. The third-order valence-corrected chi connectivity index (χ3v) is 3.07. The van der Waals surface area contributed by atoms with Crippen LogP contribution in [0.4, 0.5) is 5.69 Å². The maximum Gasteiger partial charge on any atom is 0.250 e. The van der Waals surface area contributed by atoms with E-state index in [1.807, 2.05) is 6.92 Å². The number of carbonyl (C=O) groups is 2. The van der Waals surface area contributed by atoms with Gasteiger partial charge in [-0.05, 0) is 6.42 Å². The van der Waals surface area contributed by atoms with Gasteiger partial charge in [0, 0.05) is 13.3 Å². The topological polar surface area (TPSA) is 76.5 Å². The summed E-state index contributed by atoms with van der Waals surface area (Å²) in [6.45, 7) is 3.08. The lowest BCUT2D eigenvalue weighted by atomic mass is 10.1. The van der Waals surface area contributed by atoms with E-state index in [0.717, 1.165) is 0 Å². The van der Waals surface area contributed by atoms with Crippen LogP contribution < -0.4 is 10.2 Å². The van der Waals surface area contributed by atoms with Crippen molar-refractivity contribution in [2.75, 3.05) is 25.2 Å². The van der Waals surface area contributed by atoms with E-state index < -0.39 is 6.04 Å². The van der Waals surface area contributed by atoms with Gasteiger partial charge in [-0.1, -0.05) is 6.92 Å². The van der Waals surface area contributed by atoms with Crippen LogP contribution >= 0.6 is 0 Å². The Labute approximate surface area is 111 Å². The van der Waals surface area contributed by atoms with Crippen molar-refractivity contribution in [3.05, 3.63) is 12.4 Å². The Morgan fingerprint density at radius 2 is 2.32 bits per heavy atom. The highest BCUT2D eigenvalue weighted by atomic mass is 16.5. The van der Waals surface area contributed by atoms with Gasteiger partial charge in [-0.15, -0.1) is 0 Å². The van der Waals surface area contributed by atoms with Crippen molar-refractivity contribution >= 4 is 17.5 Å². The van der Waals surface area contributed by atoms with Crippen molar-refractivity contribution in [1.29, 1.82) is 0 Å². The molecule has 19 heavy (non-hydrogen) atoms. The van der Waals surface area contributed by atoms with Crippen LogP contribution in [0.15, 0.2) is 12.4 Å². The summed E-state index contributed by atoms with van der Waals surface area (Å²) >= 11 is 0. The molecule has 1 aromatic rings. The molecule has 1 aliphatic heterocycles. The van der Waals surface area contributed by atoms with Crippen LogP contribution in [0.5, 0.6) is 0 Å². The number of hydrogen-bond donors (Lipinski definition) is 1. The van der Waals surface area contributed by atoms with Gasteiger partial charge in [0.05, 0.1) is 25.0 Å². The molecule has 7 nitrogen and oxygen atoms in total. The van der Waals surface area contributed by atoms with Crippen LogP contribution in [0.2, 0.25) is 0 Å². The van der Waals surface area contributed by atoms with E-state index in [-0.39, 0.29) is 18.4 Å². The first-order chi connectivity index (χ1) is 9.15. The lowest BCUT2D eigenvalue weighted by Crippen LogP contribution is -2.57. The Bertz CT molecular complexity index is 471. The number of nitrogens with one attached hydrogen (secondary N) is 1. The number of aromatic nitrogens is 2. The van der Waals surface area contributed by atoms with Crippen molar-refractivity contribution < 1.29 is 14.3 Å². The molecular weight excluding hydrogens is 248 g/mol. The summed E-state index contributed by atoms with van der Waals surface area (Å²) in [5.41, 5.74) is 0.648. The van der Waals surface area contributed by atoms with Gasteiger partial charge in [-0.3, -0.25) is 19.2 Å². The lowest BCUT2D eigenvalue weighted by Gasteiger charge is -2.31. The monoisotopic (exact) mass is 266 g/mol. The van der Waals surface area contributed by atoms with Crippen molar-refractivity contribution in [3.63, 3.8) is 0 Å². The number of methoxy groups -OCH3 is 1. The highest BCUT2D eigenvalue weighted by molar-refractivity contribution is 6.06. The fourth-order valence-corrected chi connectivity index (χ4v) is 2.01. The highest BCUT2D eigenvalue weighted by Crippen LogP contribution is 2.17. The van der Waals surface area contributed by atoms with Gasteiger partial charge >= 0.3 is 0 Å². The van der Waals surface area contributed by atoms with E-state index in [0.29, 0.717) is 25.3 Å². The zero-order chi connectivity index (χ0) is 13.8. The third-order valence-electron chi connectivity index (χ3n) is 3.07. The van der Waals surface area contributed by atoms with Crippen LogP contribution in [0.1, 0.15) is 13.3 Å². The summed E-state index contributed by atoms with van der Waals surface area (Å²) in [5, 5.41) is 6.83. The van der Waals surface area contributed by atoms with E-state index in [9.17, 15) is 9.59 Å². The number of hydrogen-bond acceptors (Lipinski definition) is 4. The molecule has 104 valence electrons. The Kier molecular flexibility index (Phi) is 4.16. The van der Waals surface area contributed by atoms with Gasteiger partial charge in [0.15, 0.2) is 0 Å². The maximum atomic E-state index is 12.2. The van der Waals surface area contributed by atoms with Gasteiger partial charge in [-0.25, -0.2) is 0 Å². The molecule has 1 fully saturated rings. The fraction of sp³-hybridized carbons (Fsp3) is 0.583. The Morgan fingerprint density at radius 1 is 1.53 bits per heavy atom. The third kappa shape index (κ3) is 2.93. The van der Waals surface area contributed by atoms with Crippen molar-refractivity contribution in [2.24, 2.45) is 0 Å². The number of piperazine rings is 1. The second-order valence-corrected chi connectivity index (χ2v) is 4.41. The number of carbonyl (C=O) groups excluding carboxylic acids is 2. The molecule has 0 spiro atoms. The lowest BCUT2D eigenvalue weighted by molar-refractivity contribution is -0.131. The Morgan fingerprint density at radius 3 is 3.00 bits per heavy atom.